The van der Waals surface area contributed by atoms with E-state index in [0.29, 0.717) is 13.0 Å². The van der Waals surface area contributed by atoms with Crippen molar-refractivity contribution in [3.8, 4) is 0 Å². The molecule has 0 fully saturated rings. The summed E-state index contributed by atoms with van der Waals surface area (Å²) in [5, 5.41) is 0.102. The number of allylic oxidation sites excluding steroid dienone is 1. The zero-order valence-corrected chi connectivity index (χ0v) is 21.0. The van der Waals surface area contributed by atoms with Gasteiger partial charge in [0.25, 0.3) is 0 Å². The summed E-state index contributed by atoms with van der Waals surface area (Å²) >= 11 is 0. The van der Waals surface area contributed by atoms with Crippen LogP contribution in [0.1, 0.15) is 60.3 Å². The van der Waals surface area contributed by atoms with Gasteiger partial charge in [0, 0.05) is 19.4 Å². The van der Waals surface area contributed by atoms with Crippen LogP contribution in [0.2, 0.25) is 18.1 Å². The van der Waals surface area contributed by atoms with E-state index in [-0.39, 0.29) is 29.1 Å². The van der Waals surface area contributed by atoms with Crippen molar-refractivity contribution in [2.45, 2.75) is 90.6 Å². The summed E-state index contributed by atoms with van der Waals surface area (Å²) in [7, 11) is -0.299. The topological polar surface area (TPSA) is 44.8 Å². The average Bonchev–Trinajstić information content (AvgIpc) is 2.62. The molecule has 0 radical (unpaired) electrons. The second-order valence-corrected chi connectivity index (χ2v) is 14.1. The van der Waals surface area contributed by atoms with Gasteiger partial charge in [0.05, 0.1) is 6.10 Å². The van der Waals surface area contributed by atoms with E-state index in [1.54, 1.807) is 13.2 Å². The van der Waals surface area contributed by atoms with Gasteiger partial charge in [-0.3, -0.25) is 4.79 Å². The summed E-state index contributed by atoms with van der Waals surface area (Å²) < 4.78 is 17.8. The summed E-state index contributed by atoms with van der Waals surface area (Å²) in [5.74, 6) is -0.0530. The van der Waals surface area contributed by atoms with Crippen molar-refractivity contribution in [2.75, 3.05) is 13.7 Å². The smallest absolute Gasteiger partial charge is 0.306 e. The molecule has 0 aromatic rings. The molecule has 0 bridgehead atoms. The molecular formula is C24H44O4Si. The molecule has 0 aromatic heterocycles. The number of esters is 1. The van der Waals surface area contributed by atoms with Crippen molar-refractivity contribution >= 4 is 14.3 Å². The normalized spacial score (nSPS) is 16.1. The second kappa shape index (κ2) is 13.2. The number of hydrogen-bond donors (Lipinski definition) is 0. The van der Waals surface area contributed by atoms with Crippen LogP contribution >= 0.6 is 0 Å². The molecule has 0 aliphatic heterocycles. The number of methoxy groups -OCH3 is 1. The van der Waals surface area contributed by atoms with Crippen LogP contribution in [0.5, 0.6) is 0 Å². The Morgan fingerprint density at radius 2 is 1.79 bits per heavy atom. The molecule has 3 atom stereocenters. The molecule has 168 valence electrons. The molecule has 0 heterocycles. The molecule has 0 unspecified atom stereocenters. The van der Waals surface area contributed by atoms with Gasteiger partial charge in [-0.2, -0.15) is 0 Å². The van der Waals surface area contributed by atoms with Gasteiger partial charge >= 0.3 is 5.97 Å². The SMILES string of the molecule is C=CCCCCC(=O)OCC(C)=C[C@@H](C)[C@H](O[Si](C)(C)C(C)(C)C)[C@H](C=C)OC. The Hall–Kier alpha value is -1.17. The Kier molecular flexibility index (Phi) is 12.7. The van der Waals surface area contributed by atoms with Crippen molar-refractivity contribution in [2.24, 2.45) is 5.92 Å². The molecular weight excluding hydrogens is 380 g/mol. The maximum absolute atomic E-state index is 11.9. The van der Waals surface area contributed by atoms with Crippen LogP contribution in [0.4, 0.5) is 0 Å². The predicted octanol–water partition coefficient (Wildman–Crippen LogP) is 6.45. The van der Waals surface area contributed by atoms with Crippen LogP contribution in [0.25, 0.3) is 0 Å². The summed E-state index contributed by atoms with van der Waals surface area (Å²) in [6, 6.07) is 0. The lowest BCUT2D eigenvalue weighted by molar-refractivity contribution is -0.142. The predicted molar refractivity (Wildman–Crippen MR) is 126 cm³/mol. The largest absolute Gasteiger partial charge is 0.461 e. The summed E-state index contributed by atoms with van der Waals surface area (Å²) in [6.45, 7) is 23.2. The molecule has 0 spiro atoms. The fourth-order valence-corrected chi connectivity index (χ4v) is 4.15. The third-order valence-corrected chi connectivity index (χ3v) is 10.1. The fraction of sp³-hybridized carbons (Fsp3) is 0.708. The van der Waals surface area contributed by atoms with Crippen LogP contribution in [-0.2, 0) is 18.7 Å². The lowest BCUT2D eigenvalue weighted by Crippen LogP contribution is -2.49. The quantitative estimate of drug-likeness (QED) is 0.139. The van der Waals surface area contributed by atoms with Gasteiger partial charge in [-0.05, 0) is 49.9 Å². The van der Waals surface area contributed by atoms with Crippen molar-refractivity contribution in [3.63, 3.8) is 0 Å². The van der Waals surface area contributed by atoms with Crippen LogP contribution in [0.15, 0.2) is 37.0 Å². The number of carbonyl (C=O) groups is 1. The Labute approximate surface area is 180 Å². The number of carbonyl (C=O) groups excluding carboxylic acids is 1. The van der Waals surface area contributed by atoms with Crippen LogP contribution < -0.4 is 0 Å². The highest BCUT2D eigenvalue weighted by Gasteiger charge is 2.41. The van der Waals surface area contributed by atoms with E-state index in [2.05, 4.69) is 60.0 Å². The van der Waals surface area contributed by atoms with E-state index in [9.17, 15) is 4.79 Å². The molecule has 0 aliphatic carbocycles. The van der Waals surface area contributed by atoms with E-state index in [0.717, 1.165) is 24.8 Å². The van der Waals surface area contributed by atoms with E-state index in [4.69, 9.17) is 13.9 Å². The molecule has 0 amide bonds. The van der Waals surface area contributed by atoms with E-state index in [1.807, 2.05) is 13.0 Å². The first kappa shape index (κ1) is 27.8. The number of unbranched alkanes of at least 4 members (excludes halogenated alkanes) is 2. The second-order valence-electron chi connectivity index (χ2n) is 9.35. The maximum Gasteiger partial charge on any atom is 0.306 e. The molecule has 29 heavy (non-hydrogen) atoms. The number of rotatable bonds is 14. The zero-order valence-electron chi connectivity index (χ0n) is 20.0. The van der Waals surface area contributed by atoms with Crippen LogP contribution in [-0.4, -0.2) is 40.2 Å². The molecule has 0 saturated heterocycles. The highest BCUT2D eigenvalue weighted by molar-refractivity contribution is 6.74. The molecule has 0 N–H and O–H groups in total. The monoisotopic (exact) mass is 424 g/mol. The molecule has 0 rings (SSSR count). The molecule has 0 saturated carbocycles. The van der Waals surface area contributed by atoms with Gasteiger partial charge in [0.15, 0.2) is 8.32 Å². The maximum atomic E-state index is 11.9. The van der Waals surface area contributed by atoms with Gasteiger partial charge in [0.1, 0.15) is 12.7 Å². The van der Waals surface area contributed by atoms with Gasteiger partial charge in [-0.25, -0.2) is 0 Å². The summed E-state index contributed by atoms with van der Waals surface area (Å²) in [6.07, 6.45) is 8.66. The summed E-state index contributed by atoms with van der Waals surface area (Å²) in [4.78, 5) is 11.9. The Bertz CT molecular complexity index is 546. The lowest BCUT2D eigenvalue weighted by atomic mass is 9.97. The third kappa shape index (κ3) is 10.4. The minimum atomic E-state index is -1.98. The molecule has 0 aliphatic rings. The first-order valence-electron chi connectivity index (χ1n) is 10.7. The van der Waals surface area contributed by atoms with Crippen molar-refractivity contribution in [3.05, 3.63) is 37.0 Å². The first-order valence-corrected chi connectivity index (χ1v) is 13.6. The van der Waals surface area contributed by atoms with Gasteiger partial charge < -0.3 is 13.9 Å². The Balaban J connectivity index is 5.05. The summed E-state index contributed by atoms with van der Waals surface area (Å²) in [5.41, 5.74) is 1.01. The minimum absolute atomic E-state index is 0.0957. The van der Waals surface area contributed by atoms with Crippen molar-refractivity contribution in [1.29, 1.82) is 0 Å². The minimum Gasteiger partial charge on any atom is -0.461 e. The third-order valence-electron chi connectivity index (χ3n) is 5.63. The van der Waals surface area contributed by atoms with Gasteiger partial charge in [-0.1, -0.05) is 45.9 Å². The van der Waals surface area contributed by atoms with Crippen LogP contribution in [0.3, 0.4) is 0 Å². The fourth-order valence-electron chi connectivity index (χ4n) is 2.77. The van der Waals surface area contributed by atoms with E-state index < -0.39 is 8.32 Å². The molecule has 5 heteroatoms. The van der Waals surface area contributed by atoms with Gasteiger partial charge in [0.2, 0.25) is 0 Å². The first-order chi connectivity index (χ1) is 13.4. The Morgan fingerprint density at radius 3 is 2.28 bits per heavy atom. The number of ether oxygens (including phenoxy) is 2. The molecule has 0 aromatic carbocycles. The lowest BCUT2D eigenvalue weighted by Gasteiger charge is -2.42. The standard InChI is InChI=1S/C24H44O4Si/c1-11-13-14-15-16-22(25)27-18-19(3)17-20(4)23(21(12-2)26-8)28-29(9,10)24(5,6)7/h11-12,17,20-21,23H,1-2,13-16,18H2,3-10H3/t20-,21+,23+/m1/s1. The number of hydrogen-bond acceptors (Lipinski definition) is 4. The van der Waals surface area contributed by atoms with E-state index >= 15 is 0 Å². The molecule has 4 nitrogen and oxygen atoms in total. The zero-order chi connectivity index (χ0) is 22.7. The average molecular weight is 425 g/mol. The van der Waals surface area contributed by atoms with E-state index in [1.165, 1.54) is 0 Å². The van der Waals surface area contributed by atoms with Crippen molar-refractivity contribution < 1.29 is 18.7 Å². The highest BCUT2D eigenvalue weighted by atomic mass is 28.4. The highest BCUT2D eigenvalue weighted by Crippen LogP contribution is 2.39. The van der Waals surface area contributed by atoms with Gasteiger partial charge in [-0.15, -0.1) is 13.2 Å². The van der Waals surface area contributed by atoms with Crippen LogP contribution in [0, 0.1) is 5.92 Å². The Morgan fingerprint density at radius 1 is 1.17 bits per heavy atom. The van der Waals surface area contributed by atoms with Crippen molar-refractivity contribution in [1.82, 2.24) is 0 Å².